The summed E-state index contributed by atoms with van der Waals surface area (Å²) in [5.74, 6) is -0.727. The van der Waals surface area contributed by atoms with Gasteiger partial charge < -0.3 is 15.3 Å². The summed E-state index contributed by atoms with van der Waals surface area (Å²) in [7, 11) is 0. The number of aliphatic carboxylic acids is 1. The molecule has 1 atom stereocenters. The predicted molar refractivity (Wildman–Crippen MR) is 86.8 cm³/mol. The molecule has 1 unspecified atom stereocenters. The Bertz CT molecular complexity index is 382. The molecule has 1 aliphatic heterocycles. The Morgan fingerprint density at radius 3 is 2.32 bits per heavy atom. The number of carbonyl (C=O) groups excluding carboxylic acids is 2. The quantitative estimate of drug-likeness (QED) is 0.704. The third-order valence-electron chi connectivity index (χ3n) is 3.77. The molecule has 1 fully saturated rings. The molecule has 0 radical (unpaired) electrons. The van der Waals surface area contributed by atoms with Crippen LogP contribution in [0.3, 0.4) is 0 Å². The van der Waals surface area contributed by atoms with Gasteiger partial charge in [0, 0.05) is 25.9 Å². The number of amides is 2. The number of carboxylic acids is 1. The van der Waals surface area contributed by atoms with Gasteiger partial charge in [-0.05, 0) is 31.3 Å². The lowest BCUT2D eigenvalue weighted by Gasteiger charge is -2.20. The maximum Gasteiger partial charge on any atom is 0.326 e. The third-order valence-corrected chi connectivity index (χ3v) is 4.41. The molecule has 1 heterocycles. The highest BCUT2D eigenvalue weighted by Crippen LogP contribution is 2.11. The Morgan fingerprint density at radius 2 is 1.77 bits per heavy atom. The predicted octanol–water partition coefficient (Wildman–Crippen LogP) is 1.49. The first-order valence-corrected chi connectivity index (χ1v) is 9.23. The summed E-state index contributed by atoms with van der Waals surface area (Å²) in [6, 6.07) is -0.867. The van der Waals surface area contributed by atoms with E-state index in [2.05, 4.69) is 5.32 Å². The van der Waals surface area contributed by atoms with Crippen LogP contribution in [-0.4, -0.2) is 58.9 Å². The fourth-order valence-electron chi connectivity index (χ4n) is 2.46. The Labute approximate surface area is 136 Å². The normalized spacial score (nSPS) is 16.7. The van der Waals surface area contributed by atoms with Gasteiger partial charge >= 0.3 is 5.97 Å². The minimum Gasteiger partial charge on any atom is -0.480 e. The van der Waals surface area contributed by atoms with Crippen LogP contribution in [0.2, 0.25) is 0 Å². The maximum atomic E-state index is 12.1. The molecule has 0 bridgehead atoms. The number of nitrogens with one attached hydrogen (secondary N) is 1. The van der Waals surface area contributed by atoms with E-state index < -0.39 is 12.0 Å². The van der Waals surface area contributed by atoms with Gasteiger partial charge in [-0.3, -0.25) is 9.59 Å². The summed E-state index contributed by atoms with van der Waals surface area (Å²) < 4.78 is 0. The molecule has 0 aromatic rings. The van der Waals surface area contributed by atoms with Crippen LogP contribution >= 0.6 is 11.8 Å². The number of likely N-dealkylation sites (tertiary alicyclic amines) is 1. The van der Waals surface area contributed by atoms with Gasteiger partial charge in [0.25, 0.3) is 0 Å². The maximum absolute atomic E-state index is 12.1. The molecule has 1 saturated heterocycles. The highest BCUT2D eigenvalue weighted by Gasteiger charge is 2.21. The second kappa shape index (κ2) is 10.5. The van der Waals surface area contributed by atoms with Gasteiger partial charge in [-0.2, -0.15) is 11.8 Å². The number of hydrogen-bond donors (Lipinski definition) is 2. The summed E-state index contributed by atoms with van der Waals surface area (Å²) in [5.41, 5.74) is 0. The number of rotatable bonds is 8. The number of carbonyl (C=O) groups is 3. The van der Waals surface area contributed by atoms with Gasteiger partial charge in [0.15, 0.2) is 0 Å². The van der Waals surface area contributed by atoms with E-state index in [0.717, 1.165) is 38.8 Å². The van der Waals surface area contributed by atoms with E-state index in [1.165, 1.54) is 11.8 Å². The van der Waals surface area contributed by atoms with Gasteiger partial charge in [-0.15, -0.1) is 0 Å². The van der Waals surface area contributed by atoms with Crippen LogP contribution in [0.1, 0.15) is 44.9 Å². The molecule has 0 aromatic heterocycles. The zero-order chi connectivity index (χ0) is 16.4. The monoisotopic (exact) mass is 330 g/mol. The van der Waals surface area contributed by atoms with Crippen LogP contribution in [0.15, 0.2) is 0 Å². The SMILES string of the molecule is CSCCC(NC(=O)CCC(=O)N1CCCCCC1)C(=O)O. The van der Waals surface area contributed by atoms with E-state index in [0.29, 0.717) is 12.2 Å². The minimum absolute atomic E-state index is 0.00645. The molecule has 1 rings (SSSR count). The highest BCUT2D eigenvalue weighted by atomic mass is 32.2. The van der Waals surface area contributed by atoms with Crippen LogP contribution in [0.5, 0.6) is 0 Å². The molecule has 126 valence electrons. The molecule has 22 heavy (non-hydrogen) atoms. The Balaban J connectivity index is 2.33. The largest absolute Gasteiger partial charge is 0.480 e. The number of nitrogens with zero attached hydrogens (tertiary/aromatic N) is 1. The van der Waals surface area contributed by atoms with Crippen molar-refractivity contribution in [3.05, 3.63) is 0 Å². The molecule has 7 heteroatoms. The average molecular weight is 330 g/mol. The molecule has 2 amide bonds. The molecule has 2 N–H and O–H groups in total. The topological polar surface area (TPSA) is 86.7 Å². The van der Waals surface area contributed by atoms with Crippen LogP contribution in [0, 0.1) is 0 Å². The van der Waals surface area contributed by atoms with E-state index in [-0.39, 0.29) is 24.7 Å². The molecule has 1 aliphatic rings. The van der Waals surface area contributed by atoms with Gasteiger partial charge in [0.2, 0.25) is 11.8 Å². The van der Waals surface area contributed by atoms with Crippen LogP contribution in [-0.2, 0) is 14.4 Å². The highest BCUT2D eigenvalue weighted by molar-refractivity contribution is 7.98. The lowest BCUT2D eigenvalue weighted by atomic mass is 10.2. The van der Waals surface area contributed by atoms with Crippen molar-refractivity contribution in [1.82, 2.24) is 10.2 Å². The summed E-state index contributed by atoms with van der Waals surface area (Å²) in [5, 5.41) is 11.6. The van der Waals surface area contributed by atoms with Crippen molar-refractivity contribution >= 4 is 29.5 Å². The number of hydrogen-bond acceptors (Lipinski definition) is 4. The smallest absolute Gasteiger partial charge is 0.326 e. The first kappa shape index (κ1) is 18.8. The van der Waals surface area contributed by atoms with Crippen molar-refractivity contribution in [2.75, 3.05) is 25.1 Å². The van der Waals surface area contributed by atoms with Gasteiger partial charge in [-0.25, -0.2) is 4.79 Å². The molecular formula is C15H26N2O4S. The summed E-state index contributed by atoms with van der Waals surface area (Å²) in [6.45, 7) is 1.54. The molecule has 0 spiro atoms. The fourth-order valence-corrected chi connectivity index (χ4v) is 2.93. The van der Waals surface area contributed by atoms with E-state index >= 15 is 0 Å². The second-order valence-electron chi connectivity index (χ2n) is 5.53. The van der Waals surface area contributed by atoms with Crippen molar-refractivity contribution in [2.24, 2.45) is 0 Å². The Morgan fingerprint density at radius 1 is 1.14 bits per heavy atom. The Hall–Kier alpha value is -1.24. The van der Waals surface area contributed by atoms with Crippen molar-refractivity contribution in [2.45, 2.75) is 51.0 Å². The lowest BCUT2D eigenvalue weighted by molar-refractivity contribution is -0.142. The number of carboxylic acid groups (broad SMARTS) is 1. The zero-order valence-corrected chi connectivity index (χ0v) is 14.0. The van der Waals surface area contributed by atoms with Crippen LogP contribution in [0.4, 0.5) is 0 Å². The van der Waals surface area contributed by atoms with Crippen LogP contribution in [0.25, 0.3) is 0 Å². The van der Waals surface area contributed by atoms with Crippen LogP contribution < -0.4 is 5.32 Å². The molecular weight excluding hydrogens is 304 g/mol. The standard InChI is InChI=1S/C15H26N2O4S/c1-22-11-8-12(15(20)21)16-13(18)6-7-14(19)17-9-4-2-3-5-10-17/h12H,2-11H2,1H3,(H,16,18)(H,20,21). The van der Waals surface area contributed by atoms with E-state index in [4.69, 9.17) is 5.11 Å². The molecule has 6 nitrogen and oxygen atoms in total. The lowest BCUT2D eigenvalue weighted by Crippen LogP contribution is -2.41. The summed E-state index contributed by atoms with van der Waals surface area (Å²) in [6.07, 6.45) is 6.84. The summed E-state index contributed by atoms with van der Waals surface area (Å²) >= 11 is 1.54. The molecule has 0 saturated carbocycles. The van der Waals surface area contributed by atoms with Gasteiger partial charge in [-0.1, -0.05) is 12.8 Å². The average Bonchev–Trinajstić information content (AvgIpc) is 2.77. The third kappa shape index (κ3) is 7.15. The Kier molecular flexibility index (Phi) is 8.96. The van der Waals surface area contributed by atoms with E-state index in [1.807, 2.05) is 11.2 Å². The zero-order valence-electron chi connectivity index (χ0n) is 13.2. The minimum atomic E-state index is -1.03. The number of thioether (sulfide) groups is 1. The van der Waals surface area contributed by atoms with Gasteiger partial charge in [0.05, 0.1) is 0 Å². The second-order valence-corrected chi connectivity index (χ2v) is 6.52. The van der Waals surface area contributed by atoms with Crippen molar-refractivity contribution in [3.63, 3.8) is 0 Å². The van der Waals surface area contributed by atoms with Crippen molar-refractivity contribution < 1.29 is 19.5 Å². The first-order valence-electron chi connectivity index (χ1n) is 7.83. The first-order chi connectivity index (χ1) is 10.5. The molecule has 0 aliphatic carbocycles. The van der Waals surface area contributed by atoms with E-state index in [1.54, 1.807) is 0 Å². The molecule has 0 aromatic carbocycles. The van der Waals surface area contributed by atoms with E-state index in [9.17, 15) is 14.4 Å². The van der Waals surface area contributed by atoms with Crippen molar-refractivity contribution in [3.8, 4) is 0 Å². The van der Waals surface area contributed by atoms with Crippen molar-refractivity contribution in [1.29, 1.82) is 0 Å². The van der Waals surface area contributed by atoms with Gasteiger partial charge in [0.1, 0.15) is 6.04 Å². The fraction of sp³-hybridized carbons (Fsp3) is 0.800. The summed E-state index contributed by atoms with van der Waals surface area (Å²) in [4.78, 5) is 36.8.